The summed E-state index contributed by atoms with van der Waals surface area (Å²) >= 11 is 1.64. The summed E-state index contributed by atoms with van der Waals surface area (Å²) in [6.07, 6.45) is 2.93. The van der Waals surface area contributed by atoms with Crippen LogP contribution in [0.4, 0.5) is 5.69 Å². The lowest BCUT2D eigenvalue weighted by Gasteiger charge is -2.19. The van der Waals surface area contributed by atoms with E-state index in [1.165, 1.54) is 0 Å². The molecule has 0 radical (unpaired) electrons. The van der Waals surface area contributed by atoms with Crippen molar-refractivity contribution >= 4 is 50.0 Å². The number of hydrogen-bond acceptors (Lipinski definition) is 4. The molecule has 7 heteroatoms. The SMILES string of the molecule is CCN(CC)C(=O)Cn1ccc2cc(NC(=O)CCc3nc4ccccc4s3)ccc21. The van der Waals surface area contributed by atoms with Crippen molar-refractivity contribution in [1.82, 2.24) is 14.5 Å². The molecule has 0 aliphatic carbocycles. The molecule has 0 atom stereocenters. The topological polar surface area (TPSA) is 67.2 Å². The van der Waals surface area contributed by atoms with Crippen molar-refractivity contribution in [1.29, 1.82) is 0 Å². The minimum absolute atomic E-state index is 0.0326. The van der Waals surface area contributed by atoms with E-state index in [9.17, 15) is 9.59 Å². The van der Waals surface area contributed by atoms with Gasteiger partial charge in [-0.3, -0.25) is 9.59 Å². The summed E-state index contributed by atoms with van der Waals surface area (Å²) < 4.78 is 3.10. The second-order valence-corrected chi connectivity index (χ2v) is 8.52. The van der Waals surface area contributed by atoms with Crippen molar-refractivity contribution in [3.63, 3.8) is 0 Å². The van der Waals surface area contributed by atoms with Crippen LogP contribution in [0.15, 0.2) is 54.7 Å². The molecule has 0 fully saturated rings. The third-order valence-corrected chi connectivity index (χ3v) is 6.48. The van der Waals surface area contributed by atoms with Crippen LogP contribution in [0, 0.1) is 0 Å². The molecule has 4 aromatic rings. The van der Waals surface area contributed by atoms with Crippen molar-refractivity contribution < 1.29 is 9.59 Å². The summed E-state index contributed by atoms with van der Waals surface area (Å²) in [6.45, 7) is 5.71. The van der Waals surface area contributed by atoms with E-state index in [4.69, 9.17) is 0 Å². The van der Waals surface area contributed by atoms with Gasteiger partial charge in [0.15, 0.2) is 0 Å². The van der Waals surface area contributed by atoms with Crippen LogP contribution in [0.5, 0.6) is 0 Å². The number of hydrogen-bond donors (Lipinski definition) is 1. The number of nitrogens with one attached hydrogen (secondary N) is 1. The van der Waals surface area contributed by atoms with Crippen LogP contribution >= 0.6 is 11.3 Å². The number of thiazole rings is 1. The average molecular weight is 435 g/mol. The van der Waals surface area contributed by atoms with E-state index in [2.05, 4.69) is 10.3 Å². The summed E-state index contributed by atoms with van der Waals surface area (Å²) in [5, 5.41) is 4.95. The predicted molar refractivity (Wildman–Crippen MR) is 126 cm³/mol. The normalized spacial score (nSPS) is 11.2. The van der Waals surface area contributed by atoms with Crippen LogP contribution in [0.1, 0.15) is 25.3 Å². The van der Waals surface area contributed by atoms with Crippen molar-refractivity contribution in [3.8, 4) is 0 Å². The van der Waals surface area contributed by atoms with Crippen LogP contribution < -0.4 is 5.32 Å². The highest BCUT2D eigenvalue weighted by molar-refractivity contribution is 7.18. The first-order valence-electron chi connectivity index (χ1n) is 10.6. The molecule has 1 N–H and O–H groups in total. The molecular formula is C24H26N4O2S. The van der Waals surface area contributed by atoms with Crippen molar-refractivity contribution in [3.05, 3.63) is 59.7 Å². The van der Waals surface area contributed by atoms with Gasteiger partial charge in [0.25, 0.3) is 0 Å². The number of likely N-dealkylation sites (N-methyl/N-ethyl adjacent to an activating group) is 1. The highest BCUT2D eigenvalue weighted by atomic mass is 32.1. The highest BCUT2D eigenvalue weighted by Crippen LogP contribution is 2.23. The molecule has 2 aromatic carbocycles. The Morgan fingerprint density at radius 3 is 2.68 bits per heavy atom. The minimum Gasteiger partial charge on any atom is -0.342 e. The molecule has 0 aliphatic heterocycles. The zero-order chi connectivity index (χ0) is 21.8. The molecule has 0 saturated carbocycles. The van der Waals surface area contributed by atoms with Crippen LogP contribution in [0.3, 0.4) is 0 Å². The summed E-state index contributed by atoms with van der Waals surface area (Å²) in [5.41, 5.74) is 2.72. The second kappa shape index (κ2) is 9.31. The van der Waals surface area contributed by atoms with Gasteiger partial charge in [-0.2, -0.15) is 0 Å². The quantitative estimate of drug-likeness (QED) is 0.437. The number of carbonyl (C=O) groups is 2. The monoisotopic (exact) mass is 434 g/mol. The Labute approximate surface area is 185 Å². The maximum Gasteiger partial charge on any atom is 0.242 e. The zero-order valence-corrected chi connectivity index (χ0v) is 18.6. The highest BCUT2D eigenvalue weighted by Gasteiger charge is 2.13. The molecule has 0 saturated heterocycles. The summed E-state index contributed by atoms with van der Waals surface area (Å²) in [7, 11) is 0. The van der Waals surface area contributed by atoms with Crippen LogP contribution in [0.2, 0.25) is 0 Å². The Kier molecular flexibility index (Phi) is 6.32. The van der Waals surface area contributed by atoms with E-state index in [1.54, 1.807) is 11.3 Å². The number of nitrogens with zero attached hydrogens (tertiary/aromatic N) is 3. The number of fused-ring (bicyclic) bond motifs is 2. The zero-order valence-electron chi connectivity index (χ0n) is 17.8. The Morgan fingerprint density at radius 1 is 1.10 bits per heavy atom. The largest absolute Gasteiger partial charge is 0.342 e. The number of benzene rings is 2. The van der Waals surface area contributed by atoms with Gasteiger partial charge < -0.3 is 14.8 Å². The van der Waals surface area contributed by atoms with Gasteiger partial charge in [-0.25, -0.2) is 4.98 Å². The third kappa shape index (κ3) is 4.77. The fraction of sp³-hybridized carbons (Fsp3) is 0.292. The van der Waals surface area contributed by atoms with Gasteiger partial charge >= 0.3 is 0 Å². The standard InChI is InChI=1S/C24H26N4O2S/c1-3-27(4-2)24(30)16-28-14-13-17-15-18(9-10-20(17)28)25-22(29)11-12-23-26-19-7-5-6-8-21(19)31-23/h5-10,13-15H,3-4,11-12,16H2,1-2H3,(H,25,29). The van der Waals surface area contributed by atoms with Crippen LogP contribution in [-0.4, -0.2) is 39.4 Å². The first-order valence-corrected chi connectivity index (χ1v) is 11.4. The smallest absolute Gasteiger partial charge is 0.242 e. The van der Waals surface area contributed by atoms with E-state index in [-0.39, 0.29) is 11.8 Å². The number of aryl methyl sites for hydroxylation is 1. The van der Waals surface area contributed by atoms with E-state index in [0.717, 1.165) is 31.8 Å². The van der Waals surface area contributed by atoms with Gasteiger partial charge in [0.1, 0.15) is 6.54 Å². The predicted octanol–water partition coefficient (Wildman–Crippen LogP) is 4.69. The van der Waals surface area contributed by atoms with Gasteiger partial charge in [-0.15, -0.1) is 11.3 Å². The number of anilines is 1. The second-order valence-electron chi connectivity index (χ2n) is 7.41. The molecule has 2 amide bonds. The van der Waals surface area contributed by atoms with E-state index in [0.29, 0.717) is 32.5 Å². The van der Waals surface area contributed by atoms with Gasteiger partial charge in [0.2, 0.25) is 11.8 Å². The number of rotatable bonds is 8. The molecule has 0 unspecified atom stereocenters. The molecule has 31 heavy (non-hydrogen) atoms. The van der Waals surface area contributed by atoms with Gasteiger partial charge in [-0.1, -0.05) is 12.1 Å². The van der Waals surface area contributed by atoms with Gasteiger partial charge in [0.05, 0.1) is 15.2 Å². The lowest BCUT2D eigenvalue weighted by atomic mass is 10.2. The van der Waals surface area contributed by atoms with Crippen LogP contribution in [-0.2, 0) is 22.6 Å². The molecule has 4 rings (SSSR count). The van der Waals surface area contributed by atoms with Gasteiger partial charge in [0, 0.05) is 48.7 Å². The molecule has 2 heterocycles. The van der Waals surface area contributed by atoms with Crippen molar-refractivity contribution in [2.45, 2.75) is 33.2 Å². The fourth-order valence-electron chi connectivity index (χ4n) is 3.71. The van der Waals surface area contributed by atoms with E-state index >= 15 is 0 Å². The number of aromatic nitrogens is 2. The molecule has 160 valence electrons. The first kappa shape index (κ1) is 21.1. The Hall–Kier alpha value is -3.19. The Balaban J connectivity index is 1.38. The molecule has 0 aliphatic rings. The molecule has 2 aromatic heterocycles. The van der Waals surface area contributed by atoms with E-state index < -0.39 is 0 Å². The molecule has 6 nitrogen and oxygen atoms in total. The average Bonchev–Trinajstić information content (AvgIpc) is 3.36. The van der Waals surface area contributed by atoms with Crippen molar-refractivity contribution in [2.24, 2.45) is 0 Å². The Morgan fingerprint density at radius 2 is 1.90 bits per heavy atom. The van der Waals surface area contributed by atoms with Crippen molar-refractivity contribution in [2.75, 3.05) is 18.4 Å². The Bertz CT molecular complexity index is 1190. The maximum absolute atomic E-state index is 12.4. The summed E-state index contributed by atoms with van der Waals surface area (Å²) in [4.78, 5) is 31.3. The number of amides is 2. The minimum atomic E-state index is -0.0326. The lowest BCUT2D eigenvalue weighted by Crippen LogP contribution is -2.33. The van der Waals surface area contributed by atoms with E-state index in [1.807, 2.05) is 78.0 Å². The number of para-hydroxylation sites is 1. The molecular weight excluding hydrogens is 408 g/mol. The lowest BCUT2D eigenvalue weighted by molar-refractivity contribution is -0.131. The molecule has 0 spiro atoms. The third-order valence-electron chi connectivity index (χ3n) is 5.38. The summed E-state index contributed by atoms with van der Waals surface area (Å²) in [5.74, 6) is 0.0736. The number of carbonyl (C=O) groups excluding carboxylic acids is 2. The maximum atomic E-state index is 12.4. The van der Waals surface area contributed by atoms with Gasteiger partial charge in [-0.05, 0) is 50.2 Å². The van der Waals surface area contributed by atoms with Crippen LogP contribution in [0.25, 0.3) is 21.1 Å². The first-order chi connectivity index (χ1) is 15.1. The fourth-order valence-corrected chi connectivity index (χ4v) is 4.68. The molecule has 0 bridgehead atoms. The summed E-state index contributed by atoms with van der Waals surface area (Å²) in [6, 6.07) is 15.8.